The van der Waals surface area contributed by atoms with Gasteiger partial charge in [0.2, 0.25) is 0 Å². The molecule has 1 aliphatic rings. The zero-order chi connectivity index (χ0) is 26.0. The first-order valence-electron chi connectivity index (χ1n) is 11.4. The molecule has 8 nitrogen and oxygen atoms in total. The number of hydrogen-bond donors (Lipinski definition) is 2. The molecule has 0 aromatic heterocycles. The van der Waals surface area contributed by atoms with E-state index in [0.717, 1.165) is 11.1 Å². The van der Waals surface area contributed by atoms with Crippen molar-refractivity contribution in [1.82, 2.24) is 4.31 Å². The fraction of sp³-hybridized carbons (Fsp3) is 0.231. The number of nitrogens with one attached hydrogen (secondary N) is 2. The van der Waals surface area contributed by atoms with Gasteiger partial charge in [-0.15, -0.1) is 0 Å². The molecule has 0 bridgehead atoms. The zero-order valence-corrected chi connectivity index (χ0v) is 21.8. The van der Waals surface area contributed by atoms with Gasteiger partial charge in [0.15, 0.2) is 0 Å². The lowest BCUT2D eigenvalue weighted by Gasteiger charge is -2.34. The molecule has 3 aromatic rings. The molecule has 36 heavy (non-hydrogen) atoms. The van der Waals surface area contributed by atoms with Gasteiger partial charge in [-0.2, -0.15) is 12.7 Å². The van der Waals surface area contributed by atoms with Crippen LogP contribution in [0.25, 0.3) is 0 Å². The van der Waals surface area contributed by atoms with E-state index in [9.17, 15) is 18.0 Å². The van der Waals surface area contributed by atoms with E-state index < -0.39 is 16.1 Å². The van der Waals surface area contributed by atoms with Crippen LogP contribution in [-0.2, 0) is 10.2 Å². The molecular weight excluding hydrogens is 500 g/mol. The van der Waals surface area contributed by atoms with E-state index in [0.29, 0.717) is 42.1 Å². The van der Waals surface area contributed by atoms with Gasteiger partial charge in [0.05, 0.1) is 16.3 Å². The van der Waals surface area contributed by atoms with Crippen LogP contribution >= 0.6 is 11.6 Å². The molecule has 188 valence electrons. The number of aryl methyl sites for hydroxylation is 2. The van der Waals surface area contributed by atoms with Crippen LogP contribution in [0.3, 0.4) is 0 Å². The second-order valence-corrected chi connectivity index (χ2v) is 11.1. The monoisotopic (exact) mass is 526 g/mol. The number of anilines is 3. The quantitative estimate of drug-likeness (QED) is 0.496. The number of carbonyl (C=O) groups is 2. The number of halogens is 1. The van der Waals surface area contributed by atoms with Crippen molar-refractivity contribution in [3.63, 3.8) is 0 Å². The average Bonchev–Trinajstić information content (AvgIpc) is 2.82. The fourth-order valence-corrected chi connectivity index (χ4v) is 5.65. The summed E-state index contributed by atoms with van der Waals surface area (Å²) in [5, 5.41) is 5.82. The highest BCUT2D eigenvalue weighted by atomic mass is 35.5. The van der Waals surface area contributed by atoms with Gasteiger partial charge in [0, 0.05) is 37.1 Å². The summed E-state index contributed by atoms with van der Waals surface area (Å²) in [6, 6.07) is 17.0. The summed E-state index contributed by atoms with van der Waals surface area (Å²) in [7, 11) is -2.09. The summed E-state index contributed by atoms with van der Waals surface area (Å²) in [6.45, 7) is 4.57. The smallest absolute Gasteiger partial charge is 0.303 e. The van der Waals surface area contributed by atoms with E-state index in [-0.39, 0.29) is 16.5 Å². The Bertz CT molecular complexity index is 1440. The van der Waals surface area contributed by atoms with Crippen LogP contribution < -0.4 is 14.9 Å². The molecule has 0 radical (unpaired) electrons. The predicted octanol–water partition coefficient (Wildman–Crippen LogP) is 4.85. The summed E-state index contributed by atoms with van der Waals surface area (Å²) in [5.74, 6) is -0.702. The largest absolute Gasteiger partial charge is 0.322 e. The van der Waals surface area contributed by atoms with Crippen LogP contribution in [0.5, 0.6) is 0 Å². The first-order valence-corrected chi connectivity index (χ1v) is 13.2. The summed E-state index contributed by atoms with van der Waals surface area (Å²) in [4.78, 5) is 25.6. The first-order chi connectivity index (χ1) is 17.1. The lowest BCUT2D eigenvalue weighted by Crippen LogP contribution is -2.48. The SMILES string of the molecule is Cc1cccc(C(=O)Nc2cc(NC(=O)c3ccc(N4CCCN(C)S4(=O)=O)cc3Cl)ccc2C)c1. The van der Waals surface area contributed by atoms with Crippen LogP contribution in [0.1, 0.15) is 38.3 Å². The van der Waals surface area contributed by atoms with E-state index in [1.54, 1.807) is 36.4 Å². The third kappa shape index (κ3) is 5.38. The maximum atomic E-state index is 13.0. The minimum atomic E-state index is -3.62. The summed E-state index contributed by atoms with van der Waals surface area (Å²) >= 11 is 6.39. The van der Waals surface area contributed by atoms with Crippen LogP contribution in [0.2, 0.25) is 5.02 Å². The molecule has 1 saturated heterocycles. The first kappa shape index (κ1) is 25.7. The molecule has 0 spiro atoms. The molecular formula is C26H27ClN4O4S. The van der Waals surface area contributed by atoms with Gasteiger partial charge in [-0.3, -0.25) is 13.9 Å². The summed E-state index contributed by atoms with van der Waals surface area (Å²) in [6.07, 6.45) is 0.686. The Kier molecular flexibility index (Phi) is 7.35. The van der Waals surface area contributed by atoms with Crippen LogP contribution in [-0.4, -0.2) is 44.7 Å². The minimum Gasteiger partial charge on any atom is -0.322 e. The van der Waals surface area contributed by atoms with Gasteiger partial charge in [0.1, 0.15) is 0 Å². The number of nitrogens with zero attached hydrogens (tertiary/aromatic N) is 2. The molecule has 0 aliphatic carbocycles. The van der Waals surface area contributed by atoms with Gasteiger partial charge in [-0.25, -0.2) is 0 Å². The van der Waals surface area contributed by atoms with Crippen LogP contribution in [0.4, 0.5) is 17.1 Å². The lowest BCUT2D eigenvalue weighted by molar-refractivity contribution is 0.101. The van der Waals surface area contributed by atoms with Gasteiger partial charge >= 0.3 is 10.2 Å². The van der Waals surface area contributed by atoms with Crippen molar-refractivity contribution >= 4 is 50.7 Å². The van der Waals surface area contributed by atoms with E-state index in [1.165, 1.54) is 27.8 Å². The lowest BCUT2D eigenvalue weighted by atomic mass is 10.1. The topological polar surface area (TPSA) is 98.8 Å². The highest BCUT2D eigenvalue weighted by Gasteiger charge is 2.31. The molecule has 1 aliphatic heterocycles. The van der Waals surface area contributed by atoms with Gasteiger partial charge in [0.25, 0.3) is 11.8 Å². The molecule has 0 atom stereocenters. The number of benzene rings is 3. The van der Waals surface area contributed by atoms with E-state index in [1.807, 2.05) is 26.0 Å². The Morgan fingerprint density at radius 2 is 1.69 bits per heavy atom. The Balaban J connectivity index is 1.51. The zero-order valence-electron chi connectivity index (χ0n) is 20.2. The normalized spacial score (nSPS) is 15.4. The average molecular weight is 527 g/mol. The standard InChI is InChI=1S/C26H27ClN4O4S/c1-17-6-4-7-19(14-17)25(32)29-24-15-20(9-8-18(24)2)28-26(33)22-11-10-21(16-23(22)27)31-13-5-12-30(3)36(31,34)35/h4,6-11,14-16H,5,12-13H2,1-3H3,(H,28,33)(H,29,32). The Morgan fingerprint density at radius 1 is 0.917 bits per heavy atom. The molecule has 0 saturated carbocycles. The number of carbonyl (C=O) groups excluding carboxylic acids is 2. The number of rotatable bonds is 5. The maximum absolute atomic E-state index is 13.0. The van der Waals surface area contributed by atoms with E-state index in [4.69, 9.17) is 11.6 Å². The van der Waals surface area contributed by atoms with Gasteiger partial charge < -0.3 is 10.6 Å². The van der Waals surface area contributed by atoms with Crippen molar-refractivity contribution in [3.8, 4) is 0 Å². The molecule has 2 amide bonds. The molecule has 10 heteroatoms. The molecule has 1 fully saturated rings. The second-order valence-electron chi connectivity index (χ2n) is 8.73. The van der Waals surface area contributed by atoms with Crippen molar-refractivity contribution in [2.24, 2.45) is 0 Å². The minimum absolute atomic E-state index is 0.133. The fourth-order valence-electron chi connectivity index (χ4n) is 3.96. The van der Waals surface area contributed by atoms with Crippen LogP contribution in [0, 0.1) is 13.8 Å². The third-order valence-corrected chi connectivity index (χ3v) is 8.25. The third-order valence-electron chi connectivity index (χ3n) is 6.02. The van der Waals surface area contributed by atoms with Gasteiger partial charge in [-0.1, -0.05) is 35.4 Å². The molecule has 0 unspecified atom stereocenters. The van der Waals surface area contributed by atoms with E-state index in [2.05, 4.69) is 10.6 Å². The molecule has 3 aromatic carbocycles. The Morgan fingerprint density at radius 3 is 2.42 bits per heavy atom. The van der Waals surface area contributed by atoms with Gasteiger partial charge in [-0.05, 0) is 68.3 Å². The number of amides is 2. The second kappa shape index (κ2) is 10.3. The predicted molar refractivity (Wildman–Crippen MR) is 143 cm³/mol. The maximum Gasteiger partial charge on any atom is 0.303 e. The van der Waals surface area contributed by atoms with Crippen molar-refractivity contribution in [2.75, 3.05) is 35.1 Å². The van der Waals surface area contributed by atoms with Crippen molar-refractivity contribution in [1.29, 1.82) is 0 Å². The highest BCUT2D eigenvalue weighted by molar-refractivity contribution is 7.90. The summed E-state index contributed by atoms with van der Waals surface area (Å²) < 4.78 is 27.8. The Hall–Kier alpha value is -3.40. The molecule has 4 rings (SSSR count). The van der Waals surface area contributed by atoms with Crippen LogP contribution in [0.15, 0.2) is 60.7 Å². The van der Waals surface area contributed by atoms with Crippen molar-refractivity contribution in [3.05, 3.63) is 87.9 Å². The van der Waals surface area contributed by atoms with E-state index >= 15 is 0 Å². The molecule has 1 heterocycles. The summed E-state index contributed by atoms with van der Waals surface area (Å²) in [5.41, 5.74) is 4.01. The highest BCUT2D eigenvalue weighted by Crippen LogP contribution is 2.29. The Labute approximate surface area is 216 Å². The number of hydrogen-bond acceptors (Lipinski definition) is 4. The van der Waals surface area contributed by atoms with Crippen molar-refractivity contribution in [2.45, 2.75) is 20.3 Å². The molecule has 2 N–H and O–H groups in total. The van der Waals surface area contributed by atoms with Crippen molar-refractivity contribution < 1.29 is 18.0 Å².